The van der Waals surface area contributed by atoms with Crippen molar-refractivity contribution in [1.29, 1.82) is 0 Å². The van der Waals surface area contributed by atoms with Crippen LogP contribution in [-0.2, 0) is 0 Å². The molecule has 1 aromatic carbocycles. The van der Waals surface area contributed by atoms with Gasteiger partial charge >= 0.3 is 0 Å². The molecule has 0 bridgehead atoms. The molecular weight excluding hydrogens is 268 g/mol. The van der Waals surface area contributed by atoms with E-state index in [0.29, 0.717) is 0 Å². The van der Waals surface area contributed by atoms with Gasteiger partial charge in [0, 0.05) is 10.4 Å². The van der Waals surface area contributed by atoms with E-state index in [2.05, 4.69) is 5.32 Å². The Kier molecular flexibility index (Phi) is 6.75. The Morgan fingerprint density at radius 2 is 2.00 bits per heavy atom. The first-order valence-electron chi connectivity index (χ1n) is 6.38. The molecule has 0 heterocycles. The molecule has 5 heteroatoms. The van der Waals surface area contributed by atoms with Crippen molar-refractivity contribution in [2.75, 3.05) is 19.4 Å². The summed E-state index contributed by atoms with van der Waals surface area (Å²) in [6.45, 7) is 2.09. The van der Waals surface area contributed by atoms with Crippen molar-refractivity contribution in [2.45, 2.75) is 36.6 Å². The molecule has 0 radical (unpaired) electrons. The fraction of sp³-hybridized carbons (Fsp3) is 0.571. The molecule has 0 spiro atoms. The number of aliphatic hydroxyl groups is 1. The molecule has 0 amide bonds. The lowest BCUT2D eigenvalue weighted by atomic mass is 9.96. The quantitative estimate of drug-likeness (QED) is 0.569. The Morgan fingerprint density at radius 3 is 2.58 bits per heavy atom. The van der Waals surface area contributed by atoms with Crippen LogP contribution in [0.5, 0.6) is 0 Å². The summed E-state index contributed by atoms with van der Waals surface area (Å²) in [7, 11) is 1.84. The number of likely N-dealkylation sites (N-methyl/N-ethyl adjacent to an activating group) is 1. The molecule has 19 heavy (non-hydrogen) atoms. The molecule has 0 aliphatic rings. The number of rotatable bonds is 8. The monoisotopic (exact) mass is 289 g/mol. The predicted molar refractivity (Wildman–Crippen MR) is 75.5 cm³/mol. The summed E-state index contributed by atoms with van der Waals surface area (Å²) in [4.78, 5) is 0.748. The normalized spacial score (nSPS) is 14.4. The molecule has 1 unspecified atom stereocenters. The van der Waals surface area contributed by atoms with Gasteiger partial charge in [-0.15, -0.1) is 11.8 Å². The Morgan fingerprint density at radius 1 is 1.26 bits per heavy atom. The van der Waals surface area contributed by atoms with Crippen LogP contribution in [0, 0.1) is 11.6 Å². The fourth-order valence-electron chi connectivity index (χ4n) is 1.66. The topological polar surface area (TPSA) is 32.3 Å². The average molecular weight is 289 g/mol. The summed E-state index contributed by atoms with van der Waals surface area (Å²) >= 11 is 1.52. The minimum Gasteiger partial charge on any atom is -0.394 e. The molecule has 2 nitrogen and oxygen atoms in total. The number of unbranched alkanes of at least 4 members (excludes halogenated alkanes) is 1. The highest BCUT2D eigenvalue weighted by Gasteiger charge is 2.19. The molecule has 0 aromatic heterocycles. The van der Waals surface area contributed by atoms with Crippen LogP contribution in [0.4, 0.5) is 8.78 Å². The van der Waals surface area contributed by atoms with Crippen LogP contribution in [0.1, 0.15) is 26.2 Å². The number of aliphatic hydroxyl groups excluding tert-OH is 1. The lowest BCUT2D eigenvalue weighted by Crippen LogP contribution is -2.43. The van der Waals surface area contributed by atoms with E-state index in [9.17, 15) is 13.9 Å². The lowest BCUT2D eigenvalue weighted by molar-refractivity contribution is 0.171. The molecule has 1 aromatic rings. The molecule has 0 aliphatic carbocycles. The highest BCUT2D eigenvalue weighted by Crippen LogP contribution is 2.22. The van der Waals surface area contributed by atoms with E-state index in [1.807, 2.05) is 14.0 Å². The number of nitrogens with one attached hydrogen (secondary N) is 1. The van der Waals surface area contributed by atoms with Crippen LogP contribution in [0.25, 0.3) is 0 Å². The Labute approximate surface area is 117 Å². The molecule has 1 rings (SSSR count). The third kappa shape index (κ3) is 5.47. The van der Waals surface area contributed by atoms with Gasteiger partial charge in [0.1, 0.15) is 0 Å². The Bertz CT molecular complexity index is 397. The van der Waals surface area contributed by atoms with Gasteiger partial charge in [-0.2, -0.15) is 0 Å². The zero-order valence-corrected chi connectivity index (χ0v) is 12.2. The van der Waals surface area contributed by atoms with Gasteiger partial charge in [-0.3, -0.25) is 0 Å². The number of benzene rings is 1. The number of hydrogen-bond donors (Lipinski definition) is 2. The van der Waals surface area contributed by atoms with Crippen molar-refractivity contribution in [3.05, 3.63) is 29.8 Å². The van der Waals surface area contributed by atoms with E-state index in [-0.39, 0.29) is 12.1 Å². The molecule has 0 fully saturated rings. The van der Waals surface area contributed by atoms with Crippen molar-refractivity contribution < 1.29 is 13.9 Å². The average Bonchev–Trinajstić information content (AvgIpc) is 2.42. The first-order chi connectivity index (χ1) is 9.00. The number of halogens is 2. The second kappa shape index (κ2) is 7.82. The Hall–Kier alpha value is -0.650. The standard InChI is InChI=1S/C14H21F2NOS/c1-14(10-18,17-2)7-3-4-8-19-11-5-6-12(15)13(16)9-11/h5-6,9,17-18H,3-4,7-8,10H2,1-2H3. The van der Waals surface area contributed by atoms with Gasteiger partial charge < -0.3 is 10.4 Å². The minimum atomic E-state index is -0.808. The smallest absolute Gasteiger partial charge is 0.159 e. The van der Waals surface area contributed by atoms with Crippen molar-refractivity contribution in [2.24, 2.45) is 0 Å². The van der Waals surface area contributed by atoms with E-state index < -0.39 is 11.6 Å². The minimum absolute atomic E-state index is 0.111. The van der Waals surface area contributed by atoms with Crippen molar-refractivity contribution in [3.8, 4) is 0 Å². The molecule has 1 atom stereocenters. The maximum atomic E-state index is 13.0. The van der Waals surface area contributed by atoms with Crippen LogP contribution >= 0.6 is 11.8 Å². The maximum absolute atomic E-state index is 13.0. The summed E-state index contributed by atoms with van der Waals surface area (Å²) in [5.41, 5.74) is -0.230. The van der Waals surface area contributed by atoms with Gasteiger partial charge in [-0.25, -0.2) is 8.78 Å². The van der Waals surface area contributed by atoms with Crippen molar-refractivity contribution >= 4 is 11.8 Å². The van der Waals surface area contributed by atoms with Crippen molar-refractivity contribution in [3.63, 3.8) is 0 Å². The SMILES string of the molecule is CNC(C)(CO)CCCCSc1ccc(F)c(F)c1. The summed E-state index contributed by atoms with van der Waals surface area (Å²) in [5, 5.41) is 12.3. The third-order valence-corrected chi connectivity index (χ3v) is 4.32. The largest absolute Gasteiger partial charge is 0.394 e. The van der Waals surface area contributed by atoms with Gasteiger partial charge in [0.25, 0.3) is 0 Å². The van der Waals surface area contributed by atoms with E-state index in [1.54, 1.807) is 6.07 Å². The van der Waals surface area contributed by atoms with Crippen LogP contribution in [0.15, 0.2) is 23.1 Å². The zero-order valence-electron chi connectivity index (χ0n) is 11.4. The highest BCUT2D eigenvalue weighted by molar-refractivity contribution is 7.99. The summed E-state index contributed by atoms with van der Waals surface area (Å²) < 4.78 is 25.7. The molecular formula is C14H21F2NOS. The second-order valence-corrected chi connectivity index (χ2v) is 6.02. The summed E-state index contributed by atoms with van der Waals surface area (Å²) in [6, 6.07) is 3.97. The van der Waals surface area contributed by atoms with Crippen LogP contribution in [-0.4, -0.2) is 30.1 Å². The summed E-state index contributed by atoms with van der Waals surface area (Å²) in [6.07, 6.45) is 2.84. The lowest BCUT2D eigenvalue weighted by Gasteiger charge is -2.26. The van der Waals surface area contributed by atoms with E-state index in [0.717, 1.165) is 36.0 Å². The maximum Gasteiger partial charge on any atom is 0.159 e. The molecule has 0 saturated heterocycles. The number of thioether (sulfide) groups is 1. The molecule has 0 saturated carbocycles. The van der Waals surface area contributed by atoms with E-state index >= 15 is 0 Å². The van der Waals surface area contributed by atoms with E-state index in [1.165, 1.54) is 17.8 Å². The van der Waals surface area contributed by atoms with Gasteiger partial charge in [0.05, 0.1) is 6.61 Å². The van der Waals surface area contributed by atoms with Crippen LogP contribution in [0.2, 0.25) is 0 Å². The van der Waals surface area contributed by atoms with E-state index in [4.69, 9.17) is 0 Å². The second-order valence-electron chi connectivity index (χ2n) is 4.85. The zero-order chi connectivity index (χ0) is 14.3. The van der Waals surface area contributed by atoms with Crippen LogP contribution < -0.4 is 5.32 Å². The molecule has 0 aliphatic heterocycles. The predicted octanol–water partition coefficient (Wildman–Crippen LogP) is 3.20. The molecule has 108 valence electrons. The first kappa shape index (κ1) is 16.4. The van der Waals surface area contributed by atoms with Crippen molar-refractivity contribution in [1.82, 2.24) is 5.32 Å². The van der Waals surface area contributed by atoms with Gasteiger partial charge in [0.2, 0.25) is 0 Å². The Balaban J connectivity index is 2.26. The van der Waals surface area contributed by atoms with Gasteiger partial charge in [-0.05, 0) is 50.8 Å². The highest BCUT2D eigenvalue weighted by atomic mass is 32.2. The third-order valence-electron chi connectivity index (χ3n) is 3.24. The number of hydrogen-bond acceptors (Lipinski definition) is 3. The van der Waals surface area contributed by atoms with Crippen LogP contribution in [0.3, 0.4) is 0 Å². The molecule has 2 N–H and O–H groups in total. The first-order valence-corrected chi connectivity index (χ1v) is 7.37. The van der Waals surface area contributed by atoms with Gasteiger partial charge in [0.15, 0.2) is 11.6 Å². The van der Waals surface area contributed by atoms with Gasteiger partial charge in [-0.1, -0.05) is 6.42 Å². The summed E-state index contributed by atoms with van der Waals surface area (Å²) in [5.74, 6) is -0.749. The fourth-order valence-corrected chi connectivity index (χ4v) is 2.59.